The average Bonchev–Trinajstić information content (AvgIpc) is 2.43. The molecule has 0 aliphatic rings. The summed E-state index contributed by atoms with van der Waals surface area (Å²) >= 11 is 0. The van der Waals surface area contributed by atoms with E-state index in [4.69, 9.17) is 0 Å². The number of hydrogen-bond acceptors (Lipinski definition) is 1. The summed E-state index contributed by atoms with van der Waals surface area (Å²) in [6, 6.07) is 10.2. The van der Waals surface area contributed by atoms with Crippen molar-refractivity contribution >= 4 is 18.9 Å². The third-order valence-corrected chi connectivity index (χ3v) is 13.4. The van der Waals surface area contributed by atoms with E-state index in [2.05, 4.69) is 59.0 Å². The fourth-order valence-corrected chi connectivity index (χ4v) is 8.00. The highest BCUT2D eigenvalue weighted by molar-refractivity contribution is 7.91. The summed E-state index contributed by atoms with van der Waals surface area (Å²) in [7, 11) is -2.65. The van der Waals surface area contributed by atoms with E-state index in [-0.39, 0.29) is 5.04 Å². The Balaban J connectivity index is 3.05. The maximum Gasteiger partial charge on any atom is 0.0969 e. The van der Waals surface area contributed by atoms with E-state index in [1.807, 2.05) is 18.2 Å². The Morgan fingerprint density at radius 1 is 1.18 bits per heavy atom. The molecular formula is C19H32OSSi. The first-order valence-corrected chi connectivity index (χ1v) is 12.6. The van der Waals surface area contributed by atoms with E-state index in [9.17, 15) is 4.21 Å². The van der Waals surface area contributed by atoms with E-state index in [1.54, 1.807) is 0 Å². The third kappa shape index (κ3) is 5.20. The van der Waals surface area contributed by atoms with Crippen LogP contribution in [0.15, 0.2) is 40.9 Å². The fraction of sp³-hybridized carbons (Fsp3) is 0.579. The summed E-state index contributed by atoms with van der Waals surface area (Å²) in [5.74, 6) is 0.644. The van der Waals surface area contributed by atoms with Crippen LogP contribution in [-0.2, 0) is 16.6 Å². The van der Waals surface area contributed by atoms with Crippen LogP contribution >= 0.6 is 0 Å². The summed E-state index contributed by atoms with van der Waals surface area (Å²) in [5.41, 5.74) is 1.17. The molecule has 1 nitrogen and oxygen atoms in total. The molecule has 0 amide bonds. The molecule has 0 saturated heterocycles. The van der Waals surface area contributed by atoms with Crippen molar-refractivity contribution in [1.82, 2.24) is 0 Å². The molecule has 0 saturated carbocycles. The highest BCUT2D eigenvalue weighted by Crippen LogP contribution is 2.42. The zero-order valence-electron chi connectivity index (χ0n) is 15.1. The lowest BCUT2D eigenvalue weighted by molar-refractivity contribution is 0.685. The molecule has 0 fully saturated rings. The normalized spacial score (nSPS) is 14.9. The van der Waals surface area contributed by atoms with Gasteiger partial charge in [0.05, 0.1) is 13.8 Å². The average molecular weight is 337 g/mol. The molecule has 0 bridgehead atoms. The van der Waals surface area contributed by atoms with Crippen molar-refractivity contribution in [3.63, 3.8) is 0 Å². The van der Waals surface area contributed by atoms with Crippen LogP contribution in [0.4, 0.5) is 0 Å². The maximum absolute atomic E-state index is 13.1. The van der Waals surface area contributed by atoms with Crippen LogP contribution in [0.1, 0.15) is 52.5 Å². The molecule has 1 atom stereocenters. The topological polar surface area (TPSA) is 17.1 Å². The van der Waals surface area contributed by atoms with Gasteiger partial charge in [-0.05, 0) is 21.6 Å². The molecule has 1 unspecified atom stereocenters. The van der Waals surface area contributed by atoms with Gasteiger partial charge in [0.25, 0.3) is 0 Å². The van der Waals surface area contributed by atoms with Crippen LogP contribution in [0.25, 0.3) is 0 Å². The van der Waals surface area contributed by atoms with Gasteiger partial charge in [-0.15, -0.1) is 0 Å². The largest absolute Gasteiger partial charge is 0.255 e. The minimum absolute atomic E-state index is 0.220. The van der Waals surface area contributed by atoms with Crippen LogP contribution < -0.4 is 0 Å². The minimum Gasteiger partial charge on any atom is -0.255 e. The van der Waals surface area contributed by atoms with Crippen molar-refractivity contribution in [2.75, 3.05) is 0 Å². The van der Waals surface area contributed by atoms with Crippen LogP contribution in [-0.4, -0.2) is 12.3 Å². The van der Waals surface area contributed by atoms with E-state index in [0.717, 1.165) is 6.42 Å². The molecule has 0 heterocycles. The van der Waals surface area contributed by atoms with Crippen molar-refractivity contribution in [1.29, 1.82) is 0 Å². The van der Waals surface area contributed by atoms with Gasteiger partial charge in [0, 0.05) is 10.8 Å². The Morgan fingerprint density at radius 2 is 1.77 bits per heavy atom. The van der Waals surface area contributed by atoms with Gasteiger partial charge in [0.1, 0.15) is 0 Å². The lowest BCUT2D eigenvalue weighted by Gasteiger charge is -2.38. The summed E-state index contributed by atoms with van der Waals surface area (Å²) in [6.07, 6.45) is 5.73. The van der Waals surface area contributed by atoms with Crippen LogP contribution in [0.2, 0.25) is 18.1 Å². The summed E-state index contributed by atoms with van der Waals surface area (Å²) in [6.45, 7) is 13.8. The van der Waals surface area contributed by atoms with Gasteiger partial charge in [0.2, 0.25) is 0 Å². The number of rotatable bonds is 7. The van der Waals surface area contributed by atoms with Crippen molar-refractivity contribution < 1.29 is 4.21 Å². The lowest BCUT2D eigenvalue weighted by Crippen LogP contribution is -2.41. The molecule has 0 radical (unpaired) electrons. The lowest BCUT2D eigenvalue weighted by atomic mass is 10.2. The zero-order chi connectivity index (χ0) is 16.8. The molecule has 3 heteroatoms. The summed E-state index contributed by atoms with van der Waals surface area (Å²) in [5, 5.41) is 0.220. The molecule has 0 aromatic heterocycles. The van der Waals surface area contributed by atoms with Crippen molar-refractivity contribution in [2.45, 2.75) is 70.8 Å². The molecular weight excluding hydrogens is 304 g/mol. The van der Waals surface area contributed by atoms with Gasteiger partial charge in [-0.1, -0.05) is 90.0 Å². The predicted octanol–water partition coefficient (Wildman–Crippen LogP) is 6.06. The van der Waals surface area contributed by atoms with Gasteiger partial charge in [-0.25, -0.2) is 0 Å². The second-order valence-corrected chi connectivity index (χ2v) is 14.6. The quantitative estimate of drug-likeness (QED) is 0.437. The van der Waals surface area contributed by atoms with E-state index < -0.39 is 18.9 Å². The van der Waals surface area contributed by atoms with E-state index in [0.29, 0.717) is 5.75 Å². The number of unbranched alkanes of at least 4 members (excludes halogenated alkanes) is 2. The minimum atomic E-state index is -1.74. The second-order valence-electron chi connectivity index (χ2n) is 7.56. The zero-order valence-corrected chi connectivity index (χ0v) is 16.9. The summed E-state index contributed by atoms with van der Waals surface area (Å²) < 4.78 is 14.3. The number of benzene rings is 1. The van der Waals surface area contributed by atoms with Crippen LogP contribution in [0.3, 0.4) is 0 Å². The second kappa shape index (κ2) is 8.26. The molecule has 0 spiro atoms. The summed E-state index contributed by atoms with van der Waals surface area (Å²) in [4.78, 5) is 0. The monoisotopic (exact) mass is 336 g/mol. The Hall–Kier alpha value is -0.673. The molecule has 0 N–H and O–H groups in total. The first kappa shape index (κ1) is 19.4. The van der Waals surface area contributed by atoms with E-state index >= 15 is 0 Å². The first-order chi connectivity index (χ1) is 10.2. The first-order valence-electron chi connectivity index (χ1n) is 8.33. The standard InChI is InChI=1S/C19H32OSSi/c1-7-8-10-15-18(22(5,6)19(2,3)4)21(20)16-17-13-11-9-12-14-17/h9,11-15H,7-8,10,16H2,1-6H3/b18-15-. The van der Waals surface area contributed by atoms with Gasteiger partial charge < -0.3 is 0 Å². The molecule has 1 aromatic rings. The van der Waals surface area contributed by atoms with Gasteiger partial charge in [-0.3, -0.25) is 4.21 Å². The third-order valence-electron chi connectivity index (χ3n) is 4.76. The van der Waals surface area contributed by atoms with Gasteiger partial charge in [-0.2, -0.15) is 0 Å². The highest BCUT2D eigenvalue weighted by atomic mass is 32.2. The van der Waals surface area contributed by atoms with Gasteiger partial charge in [0.15, 0.2) is 0 Å². The van der Waals surface area contributed by atoms with Crippen molar-refractivity contribution in [3.8, 4) is 0 Å². The Labute approximate surface area is 140 Å². The van der Waals surface area contributed by atoms with E-state index in [1.165, 1.54) is 22.9 Å². The van der Waals surface area contributed by atoms with Crippen molar-refractivity contribution in [3.05, 3.63) is 46.5 Å². The Bertz CT molecular complexity index is 512. The number of hydrogen-bond donors (Lipinski definition) is 0. The SMILES string of the molecule is CCCC/C=C(/S(=O)Cc1ccccc1)[Si](C)(C)C(C)(C)C. The molecule has 1 aromatic carbocycles. The molecule has 0 aliphatic carbocycles. The van der Waals surface area contributed by atoms with Crippen LogP contribution in [0, 0.1) is 0 Å². The molecule has 0 aliphatic heterocycles. The fourth-order valence-electron chi connectivity index (χ4n) is 2.24. The smallest absolute Gasteiger partial charge is 0.0969 e. The molecule has 22 heavy (non-hydrogen) atoms. The van der Waals surface area contributed by atoms with Crippen LogP contribution in [0.5, 0.6) is 0 Å². The Morgan fingerprint density at radius 3 is 2.27 bits per heavy atom. The molecule has 124 valence electrons. The number of allylic oxidation sites excluding steroid dienone is 1. The molecule has 1 rings (SSSR count). The maximum atomic E-state index is 13.1. The highest BCUT2D eigenvalue weighted by Gasteiger charge is 2.40. The Kier molecular flexibility index (Phi) is 7.27. The van der Waals surface area contributed by atoms with Crippen molar-refractivity contribution in [2.24, 2.45) is 0 Å². The predicted molar refractivity (Wildman–Crippen MR) is 103 cm³/mol. The van der Waals surface area contributed by atoms with Gasteiger partial charge >= 0.3 is 0 Å².